The van der Waals surface area contributed by atoms with Crippen LogP contribution >= 0.6 is 27.7 Å². The standard InChI is InChI=1S/C11H16BrNS/c1-3-13-9(2)8-14-11-6-4-5-10(12)7-11/h4-7,9,13H,3,8H2,1-2H3. The van der Waals surface area contributed by atoms with Crippen LogP contribution in [0, 0.1) is 0 Å². The van der Waals surface area contributed by atoms with Gasteiger partial charge in [-0.15, -0.1) is 11.8 Å². The summed E-state index contributed by atoms with van der Waals surface area (Å²) in [6.45, 7) is 5.40. The summed E-state index contributed by atoms with van der Waals surface area (Å²) in [5.74, 6) is 1.12. The highest BCUT2D eigenvalue weighted by Crippen LogP contribution is 2.22. The third kappa shape index (κ3) is 4.49. The molecule has 14 heavy (non-hydrogen) atoms. The van der Waals surface area contributed by atoms with Crippen LogP contribution in [0.4, 0.5) is 0 Å². The molecule has 1 aromatic carbocycles. The van der Waals surface area contributed by atoms with Gasteiger partial charge >= 0.3 is 0 Å². The minimum absolute atomic E-state index is 0.573. The van der Waals surface area contributed by atoms with Crippen molar-refractivity contribution in [2.45, 2.75) is 24.8 Å². The van der Waals surface area contributed by atoms with E-state index >= 15 is 0 Å². The molecular weight excluding hydrogens is 258 g/mol. The summed E-state index contributed by atoms with van der Waals surface area (Å²) in [4.78, 5) is 1.32. The smallest absolute Gasteiger partial charge is 0.0186 e. The average molecular weight is 274 g/mol. The van der Waals surface area contributed by atoms with E-state index in [9.17, 15) is 0 Å². The zero-order valence-electron chi connectivity index (χ0n) is 8.59. The summed E-state index contributed by atoms with van der Waals surface area (Å²) in [5, 5.41) is 3.40. The number of thioether (sulfide) groups is 1. The Morgan fingerprint density at radius 3 is 2.93 bits per heavy atom. The van der Waals surface area contributed by atoms with Crippen molar-refractivity contribution in [3.63, 3.8) is 0 Å². The van der Waals surface area contributed by atoms with Crippen molar-refractivity contribution in [2.75, 3.05) is 12.3 Å². The number of benzene rings is 1. The second-order valence-electron chi connectivity index (χ2n) is 3.23. The quantitative estimate of drug-likeness (QED) is 0.824. The third-order valence-corrected chi connectivity index (χ3v) is 3.60. The summed E-state index contributed by atoms with van der Waals surface area (Å²) < 4.78 is 1.15. The van der Waals surface area contributed by atoms with Crippen molar-refractivity contribution in [1.29, 1.82) is 0 Å². The molecule has 1 rings (SSSR count). The Hall–Kier alpha value is 0.01000. The molecule has 0 amide bonds. The van der Waals surface area contributed by atoms with E-state index in [1.54, 1.807) is 0 Å². The van der Waals surface area contributed by atoms with E-state index in [1.165, 1.54) is 4.90 Å². The monoisotopic (exact) mass is 273 g/mol. The molecule has 1 nitrogen and oxygen atoms in total. The van der Waals surface area contributed by atoms with E-state index in [4.69, 9.17) is 0 Å². The van der Waals surface area contributed by atoms with E-state index in [2.05, 4.69) is 59.4 Å². The van der Waals surface area contributed by atoms with E-state index in [0.717, 1.165) is 16.8 Å². The van der Waals surface area contributed by atoms with Gasteiger partial charge in [-0.05, 0) is 31.7 Å². The summed E-state index contributed by atoms with van der Waals surface area (Å²) in [6.07, 6.45) is 0. The van der Waals surface area contributed by atoms with Crippen molar-refractivity contribution >= 4 is 27.7 Å². The maximum absolute atomic E-state index is 3.47. The number of hydrogen-bond donors (Lipinski definition) is 1. The molecule has 1 N–H and O–H groups in total. The van der Waals surface area contributed by atoms with Gasteiger partial charge in [0.15, 0.2) is 0 Å². The Bertz CT molecular complexity index is 278. The van der Waals surface area contributed by atoms with Crippen LogP contribution in [0.1, 0.15) is 13.8 Å². The molecule has 78 valence electrons. The molecule has 3 heteroatoms. The normalized spacial score (nSPS) is 12.8. The SMILES string of the molecule is CCNC(C)CSc1cccc(Br)c1. The van der Waals surface area contributed by atoms with Crippen LogP contribution in [0.15, 0.2) is 33.6 Å². The molecule has 1 atom stereocenters. The lowest BCUT2D eigenvalue weighted by molar-refractivity contribution is 0.620. The maximum atomic E-state index is 3.47. The van der Waals surface area contributed by atoms with E-state index < -0.39 is 0 Å². The molecule has 0 bridgehead atoms. The second-order valence-corrected chi connectivity index (χ2v) is 5.24. The molecule has 1 aromatic rings. The molecule has 0 aliphatic heterocycles. The summed E-state index contributed by atoms with van der Waals surface area (Å²) in [7, 11) is 0. The van der Waals surface area contributed by atoms with Crippen molar-refractivity contribution in [2.24, 2.45) is 0 Å². The van der Waals surface area contributed by atoms with Gasteiger partial charge in [-0.1, -0.05) is 28.9 Å². The summed E-state index contributed by atoms with van der Waals surface area (Å²) >= 11 is 5.36. The highest BCUT2D eigenvalue weighted by molar-refractivity contribution is 9.10. The van der Waals surface area contributed by atoms with Crippen LogP contribution in [0.2, 0.25) is 0 Å². The fraction of sp³-hybridized carbons (Fsp3) is 0.455. The molecular formula is C11H16BrNS. The van der Waals surface area contributed by atoms with Crippen molar-refractivity contribution in [3.05, 3.63) is 28.7 Å². The van der Waals surface area contributed by atoms with Crippen LogP contribution < -0.4 is 5.32 Å². The fourth-order valence-electron chi connectivity index (χ4n) is 1.19. The molecule has 1 unspecified atom stereocenters. The predicted octanol–water partition coefficient (Wildman–Crippen LogP) is 3.54. The topological polar surface area (TPSA) is 12.0 Å². The lowest BCUT2D eigenvalue weighted by Gasteiger charge is -2.11. The van der Waals surface area contributed by atoms with Crippen LogP contribution in [0.3, 0.4) is 0 Å². The van der Waals surface area contributed by atoms with Crippen molar-refractivity contribution in [1.82, 2.24) is 5.32 Å². The number of rotatable bonds is 5. The van der Waals surface area contributed by atoms with E-state index in [1.807, 2.05) is 11.8 Å². The van der Waals surface area contributed by atoms with Crippen molar-refractivity contribution in [3.8, 4) is 0 Å². The van der Waals surface area contributed by atoms with Crippen molar-refractivity contribution < 1.29 is 0 Å². The summed E-state index contributed by atoms with van der Waals surface area (Å²) in [5.41, 5.74) is 0. The van der Waals surface area contributed by atoms with Gasteiger partial charge in [0.25, 0.3) is 0 Å². The average Bonchev–Trinajstić information content (AvgIpc) is 2.15. The number of nitrogens with one attached hydrogen (secondary N) is 1. The predicted molar refractivity (Wildman–Crippen MR) is 68.0 cm³/mol. The van der Waals surface area contributed by atoms with Crippen LogP contribution in [-0.2, 0) is 0 Å². The zero-order chi connectivity index (χ0) is 10.4. The minimum Gasteiger partial charge on any atom is -0.314 e. The first-order chi connectivity index (χ1) is 6.72. The van der Waals surface area contributed by atoms with Gasteiger partial charge in [-0.3, -0.25) is 0 Å². The van der Waals surface area contributed by atoms with Gasteiger partial charge < -0.3 is 5.32 Å². The molecule has 0 aromatic heterocycles. The van der Waals surface area contributed by atoms with Crippen LogP contribution in [-0.4, -0.2) is 18.3 Å². The molecule has 0 saturated heterocycles. The molecule has 0 heterocycles. The lowest BCUT2D eigenvalue weighted by Crippen LogP contribution is -2.27. The van der Waals surface area contributed by atoms with E-state index in [-0.39, 0.29) is 0 Å². The largest absolute Gasteiger partial charge is 0.314 e. The second kappa shape index (κ2) is 6.49. The lowest BCUT2D eigenvalue weighted by atomic mass is 10.4. The molecule has 0 saturated carbocycles. The molecule has 0 spiro atoms. The highest BCUT2D eigenvalue weighted by atomic mass is 79.9. The molecule has 0 radical (unpaired) electrons. The number of hydrogen-bond acceptors (Lipinski definition) is 2. The van der Waals surface area contributed by atoms with Gasteiger partial charge in [0, 0.05) is 21.2 Å². The fourth-order valence-corrected chi connectivity index (χ4v) is 2.68. The van der Waals surface area contributed by atoms with Gasteiger partial charge in [0.05, 0.1) is 0 Å². The van der Waals surface area contributed by atoms with E-state index in [0.29, 0.717) is 6.04 Å². The Labute approximate surface area is 98.8 Å². The molecule has 0 aliphatic rings. The van der Waals surface area contributed by atoms with Gasteiger partial charge in [-0.25, -0.2) is 0 Å². The first-order valence-electron chi connectivity index (χ1n) is 4.84. The Morgan fingerprint density at radius 2 is 2.29 bits per heavy atom. The Morgan fingerprint density at radius 1 is 1.50 bits per heavy atom. The van der Waals surface area contributed by atoms with Crippen LogP contribution in [0.5, 0.6) is 0 Å². The summed E-state index contributed by atoms with van der Waals surface area (Å²) in [6, 6.07) is 9.00. The van der Waals surface area contributed by atoms with Crippen LogP contribution in [0.25, 0.3) is 0 Å². The first-order valence-corrected chi connectivity index (χ1v) is 6.62. The maximum Gasteiger partial charge on any atom is 0.0186 e. The molecule has 0 aliphatic carbocycles. The Balaban J connectivity index is 2.37. The van der Waals surface area contributed by atoms with Gasteiger partial charge in [0.2, 0.25) is 0 Å². The number of halogens is 1. The first kappa shape index (κ1) is 12.1. The third-order valence-electron chi connectivity index (χ3n) is 1.85. The zero-order valence-corrected chi connectivity index (χ0v) is 11.0. The minimum atomic E-state index is 0.573. The van der Waals surface area contributed by atoms with Gasteiger partial charge in [0.1, 0.15) is 0 Å². The van der Waals surface area contributed by atoms with Gasteiger partial charge in [-0.2, -0.15) is 0 Å². The Kier molecular flexibility index (Phi) is 5.60. The highest BCUT2D eigenvalue weighted by Gasteiger charge is 2.01. The molecule has 0 fully saturated rings.